The number of thioether (sulfide) groups is 1. The number of benzene rings is 1. The van der Waals surface area contributed by atoms with E-state index in [1.165, 1.54) is 0 Å². The topological polar surface area (TPSA) is 48.7 Å². The van der Waals surface area contributed by atoms with Gasteiger partial charge in [0.1, 0.15) is 11.9 Å². The Kier molecular flexibility index (Phi) is 4.08. The van der Waals surface area contributed by atoms with E-state index in [4.69, 9.17) is 0 Å². The van der Waals surface area contributed by atoms with Gasteiger partial charge in [0.15, 0.2) is 0 Å². The van der Waals surface area contributed by atoms with Crippen LogP contribution in [0.15, 0.2) is 35.2 Å². The van der Waals surface area contributed by atoms with Crippen molar-refractivity contribution in [2.45, 2.75) is 18.7 Å². The molecule has 0 saturated carbocycles. The van der Waals surface area contributed by atoms with Crippen molar-refractivity contribution in [1.82, 2.24) is 4.98 Å². The first-order valence-electron chi connectivity index (χ1n) is 5.94. The van der Waals surface area contributed by atoms with Crippen LogP contribution in [0.3, 0.4) is 0 Å². The summed E-state index contributed by atoms with van der Waals surface area (Å²) < 4.78 is 0. The molecule has 1 aromatic carbocycles. The molecule has 0 atom stereocenters. The third-order valence-corrected chi connectivity index (χ3v) is 3.61. The van der Waals surface area contributed by atoms with Crippen molar-refractivity contribution in [2.75, 3.05) is 11.6 Å². The Morgan fingerprint density at radius 1 is 1.26 bits per heavy atom. The average Bonchev–Trinajstić information content (AvgIpc) is 2.39. The van der Waals surface area contributed by atoms with Crippen LogP contribution in [0.5, 0.6) is 0 Å². The maximum atomic E-state index is 9.26. The van der Waals surface area contributed by atoms with Gasteiger partial charge in [-0.15, -0.1) is 11.8 Å². The van der Waals surface area contributed by atoms with Crippen molar-refractivity contribution in [3.8, 4) is 6.07 Å². The number of nitrogens with one attached hydrogen (secondary N) is 1. The molecular weight excluding hydrogens is 254 g/mol. The Balaban J connectivity index is 2.47. The minimum absolute atomic E-state index is 0.599. The van der Waals surface area contributed by atoms with Crippen molar-refractivity contribution < 1.29 is 0 Å². The van der Waals surface area contributed by atoms with E-state index < -0.39 is 0 Å². The van der Waals surface area contributed by atoms with E-state index in [2.05, 4.69) is 16.4 Å². The van der Waals surface area contributed by atoms with Gasteiger partial charge < -0.3 is 5.32 Å². The smallest absolute Gasteiger partial charge is 0.148 e. The number of nitrogens with zero attached hydrogens (tertiary/aromatic N) is 2. The number of anilines is 2. The van der Waals surface area contributed by atoms with E-state index in [-0.39, 0.29) is 0 Å². The van der Waals surface area contributed by atoms with Crippen LogP contribution in [0, 0.1) is 25.2 Å². The van der Waals surface area contributed by atoms with Gasteiger partial charge in [0.2, 0.25) is 0 Å². The molecule has 0 aliphatic heterocycles. The van der Waals surface area contributed by atoms with Crippen LogP contribution in [0.2, 0.25) is 0 Å². The standard InChI is InChI=1S/C15H15N3S/c1-10-8-11(2)17-15(12(10)9-16)18-13-6-4-5-7-14(13)19-3/h4-8H,1-3H3,(H,17,18). The fourth-order valence-electron chi connectivity index (χ4n) is 1.94. The van der Waals surface area contributed by atoms with Gasteiger partial charge in [0.25, 0.3) is 0 Å². The summed E-state index contributed by atoms with van der Waals surface area (Å²) >= 11 is 1.66. The lowest BCUT2D eigenvalue weighted by Crippen LogP contribution is -2.01. The van der Waals surface area contributed by atoms with Gasteiger partial charge in [-0.05, 0) is 43.9 Å². The van der Waals surface area contributed by atoms with Crippen LogP contribution in [0.4, 0.5) is 11.5 Å². The summed E-state index contributed by atoms with van der Waals surface area (Å²) in [6.45, 7) is 3.86. The molecule has 0 spiro atoms. The summed E-state index contributed by atoms with van der Waals surface area (Å²) in [4.78, 5) is 5.56. The largest absolute Gasteiger partial charge is 0.338 e. The molecule has 4 heteroatoms. The molecule has 0 bridgehead atoms. The molecule has 2 rings (SSSR count). The van der Waals surface area contributed by atoms with Crippen LogP contribution >= 0.6 is 11.8 Å². The van der Waals surface area contributed by atoms with Crippen LogP contribution in [-0.4, -0.2) is 11.2 Å². The third kappa shape index (κ3) is 2.88. The summed E-state index contributed by atoms with van der Waals surface area (Å²) in [7, 11) is 0. The molecule has 1 heterocycles. The zero-order valence-electron chi connectivity index (χ0n) is 11.2. The highest BCUT2D eigenvalue weighted by Crippen LogP contribution is 2.29. The van der Waals surface area contributed by atoms with E-state index in [0.29, 0.717) is 11.4 Å². The van der Waals surface area contributed by atoms with Crippen LogP contribution in [0.1, 0.15) is 16.8 Å². The summed E-state index contributed by atoms with van der Waals surface area (Å²) in [5.74, 6) is 0.626. The number of pyridine rings is 1. The first-order chi connectivity index (χ1) is 9.15. The number of para-hydroxylation sites is 1. The quantitative estimate of drug-likeness (QED) is 0.854. The highest BCUT2D eigenvalue weighted by Gasteiger charge is 2.10. The zero-order valence-corrected chi connectivity index (χ0v) is 12.0. The predicted octanol–water partition coefficient (Wildman–Crippen LogP) is 4.04. The molecule has 0 fully saturated rings. The summed E-state index contributed by atoms with van der Waals surface area (Å²) in [6, 6.07) is 12.1. The molecule has 0 radical (unpaired) electrons. The fourth-order valence-corrected chi connectivity index (χ4v) is 2.50. The average molecular weight is 269 g/mol. The molecule has 0 saturated heterocycles. The highest BCUT2D eigenvalue weighted by molar-refractivity contribution is 7.98. The third-order valence-electron chi connectivity index (χ3n) is 2.82. The van der Waals surface area contributed by atoms with Crippen molar-refractivity contribution in [3.63, 3.8) is 0 Å². The zero-order chi connectivity index (χ0) is 13.8. The van der Waals surface area contributed by atoms with Crippen molar-refractivity contribution in [2.24, 2.45) is 0 Å². The highest BCUT2D eigenvalue weighted by atomic mass is 32.2. The molecule has 96 valence electrons. The molecule has 1 N–H and O–H groups in total. The van der Waals surface area contributed by atoms with Crippen molar-refractivity contribution in [1.29, 1.82) is 5.26 Å². The predicted molar refractivity (Wildman–Crippen MR) is 79.9 cm³/mol. The van der Waals surface area contributed by atoms with Gasteiger partial charge in [-0.3, -0.25) is 0 Å². The lowest BCUT2D eigenvalue weighted by atomic mass is 10.1. The number of aromatic nitrogens is 1. The van der Waals surface area contributed by atoms with E-state index in [1.807, 2.05) is 50.4 Å². The number of rotatable bonds is 3. The molecule has 0 aliphatic rings. The summed E-state index contributed by atoms with van der Waals surface area (Å²) in [5.41, 5.74) is 3.42. The Hall–Kier alpha value is -1.99. The van der Waals surface area contributed by atoms with Crippen molar-refractivity contribution >= 4 is 23.3 Å². The maximum absolute atomic E-state index is 9.26. The minimum atomic E-state index is 0.599. The molecule has 2 aromatic rings. The Bertz CT molecular complexity index is 644. The molecule has 3 nitrogen and oxygen atoms in total. The molecular formula is C15H15N3S. The molecule has 0 amide bonds. The second-order valence-electron chi connectivity index (χ2n) is 4.24. The van der Waals surface area contributed by atoms with Crippen molar-refractivity contribution in [3.05, 3.63) is 47.2 Å². The maximum Gasteiger partial charge on any atom is 0.148 e. The molecule has 1 aromatic heterocycles. The van der Waals surface area contributed by atoms with Crippen LogP contribution < -0.4 is 5.32 Å². The second kappa shape index (κ2) is 5.77. The normalized spacial score (nSPS) is 10.0. The van der Waals surface area contributed by atoms with Gasteiger partial charge >= 0.3 is 0 Å². The number of nitriles is 1. The van der Waals surface area contributed by atoms with Gasteiger partial charge in [-0.1, -0.05) is 12.1 Å². The number of aryl methyl sites for hydroxylation is 2. The van der Waals surface area contributed by atoms with Gasteiger partial charge in [-0.2, -0.15) is 5.26 Å². The lowest BCUT2D eigenvalue weighted by Gasteiger charge is -2.12. The minimum Gasteiger partial charge on any atom is -0.338 e. The Labute approximate surface area is 117 Å². The number of hydrogen-bond donors (Lipinski definition) is 1. The molecule has 0 aliphatic carbocycles. The Morgan fingerprint density at radius 2 is 2.00 bits per heavy atom. The van der Waals surface area contributed by atoms with Gasteiger partial charge in [0, 0.05) is 10.6 Å². The summed E-state index contributed by atoms with van der Waals surface area (Å²) in [6.07, 6.45) is 2.03. The van der Waals surface area contributed by atoms with Crippen LogP contribution in [0.25, 0.3) is 0 Å². The van der Waals surface area contributed by atoms with Gasteiger partial charge in [-0.25, -0.2) is 4.98 Å². The second-order valence-corrected chi connectivity index (χ2v) is 5.09. The summed E-state index contributed by atoms with van der Waals surface area (Å²) in [5, 5.41) is 12.5. The SMILES string of the molecule is CSc1ccccc1Nc1nc(C)cc(C)c1C#N. The van der Waals surface area contributed by atoms with E-state index in [0.717, 1.165) is 21.8 Å². The molecule has 0 unspecified atom stereocenters. The van der Waals surface area contributed by atoms with E-state index >= 15 is 0 Å². The first kappa shape index (κ1) is 13.4. The fraction of sp³-hybridized carbons (Fsp3) is 0.200. The Morgan fingerprint density at radius 3 is 2.68 bits per heavy atom. The molecule has 19 heavy (non-hydrogen) atoms. The monoisotopic (exact) mass is 269 g/mol. The first-order valence-corrected chi connectivity index (χ1v) is 7.16. The lowest BCUT2D eigenvalue weighted by molar-refractivity contribution is 1.16. The van der Waals surface area contributed by atoms with Gasteiger partial charge in [0.05, 0.1) is 11.3 Å². The van der Waals surface area contributed by atoms with Crippen LogP contribution in [-0.2, 0) is 0 Å². The van der Waals surface area contributed by atoms with E-state index in [9.17, 15) is 5.26 Å². The number of hydrogen-bond acceptors (Lipinski definition) is 4. The van der Waals surface area contributed by atoms with E-state index in [1.54, 1.807) is 11.8 Å².